The van der Waals surface area contributed by atoms with E-state index in [4.69, 9.17) is 5.11 Å². The summed E-state index contributed by atoms with van der Waals surface area (Å²) in [5.41, 5.74) is 0.497. The Labute approximate surface area is 77.4 Å². The Balaban J connectivity index is 2.70. The molecule has 13 heavy (non-hydrogen) atoms. The lowest BCUT2D eigenvalue weighted by Crippen LogP contribution is -1.99. The van der Waals surface area contributed by atoms with E-state index in [1.54, 1.807) is 0 Å². The van der Waals surface area contributed by atoms with Crippen LogP contribution in [0.3, 0.4) is 0 Å². The highest BCUT2D eigenvalue weighted by atomic mass is 19.1. The summed E-state index contributed by atoms with van der Waals surface area (Å²) >= 11 is 0. The second kappa shape index (κ2) is 4.40. The van der Waals surface area contributed by atoms with Crippen LogP contribution in [0.5, 0.6) is 0 Å². The standard InChI is InChI=1S/C10H15FO2/c1-7-3-2-4-8(6-5-7)9(11)10(12)13/h7H,2-6H2,1H3,(H,12,13). The zero-order chi connectivity index (χ0) is 9.84. The van der Waals surface area contributed by atoms with Crippen molar-refractivity contribution in [2.45, 2.75) is 39.0 Å². The topological polar surface area (TPSA) is 37.3 Å². The van der Waals surface area contributed by atoms with Gasteiger partial charge in [-0.15, -0.1) is 0 Å². The number of rotatable bonds is 1. The fourth-order valence-corrected chi connectivity index (χ4v) is 1.72. The normalized spacial score (nSPS) is 28.0. The predicted molar refractivity (Wildman–Crippen MR) is 48.0 cm³/mol. The Morgan fingerprint density at radius 2 is 2.15 bits per heavy atom. The second-order valence-electron chi connectivity index (χ2n) is 3.76. The molecule has 0 saturated heterocycles. The molecule has 0 aromatic rings. The number of allylic oxidation sites excluding steroid dienone is 1. The van der Waals surface area contributed by atoms with Crippen molar-refractivity contribution in [3.8, 4) is 0 Å². The van der Waals surface area contributed by atoms with Gasteiger partial charge in [0.15, 0.2) is 0 Å². The summed E-state index contributed by atoms with van der Waals surface area (Å²) in [5, 5.41) is 8.46. The van der Waals surface area contributed by atoms with E-state index in [-0.39, 0.29) is 0 Å². The zero-order valence-corrected chi connectivity index (χ0v) is 7.85. The minimum atomic E-state index is -1.41. The molecule has 0 aromatic carbocycles. The van der Waals surface area contributed by atoms with Crippen LogP contribution >= 0.6 is 0 Å². The average molecular weight is 186 g/mol. The van der Waals surface area contributed by atoms with E-state index in [1.807, 2.05) is 0 Å². The number of carboxylic acids is 1. The van der Waals surface area contributed by atoms with E-state index in [1.165, 1.54) is 0 Å². The van der Waals surface area contributed by atoms with E-state index in [9.17, 15) is 9.18 Å². The van der Waals surface area contributed by atoms with Crippen LogP contribution in [-0.4, -0.2) is 11.1 Å². The molecule has 0 amide bonds. The van der Waals surface area contributed by atoms with Gasteiger partial charge in [0.1, 0.15) is 0 Å². The van der Waals surface area contributed by atoms with Crippen LogP contribution < -0.4 is 0 Å². The summed E-state index contributed by atoms with van der Waals surface area (Å²) < 4.78 is 13.0. The number of carbonyl (C=O) groups is 1. The van der Waals surface area contributed by atoms with Crippen molar-refractivity contribution >= 4 is 5.97 Å². The Hall–Kier alpha value is -0.860. The van der Waals surface area contributed by atoms with Crippen LogP contribution in [0.25, 0.3) is 0 Å². The first kappa shape index (κ1) is 10.2. The van der Waals surface area contributed by atoms with Crippen LogP contribution in [0.15, 0.2) is 11.4 Å². The van der Waals surface area contributed by atoms with Gasteiger partial charge in [-0.1, -0.05) is 13.3 Å². The molecule has 1 aliphatic carbocycles. The van der Waals surface area contributed by atoms with Gasteiger partial charge in [-0.05, 0) is 37.2 Å². The van der Waals surface area contributed by atoms with Crippen LogP contribution in [-0.2, 0) is 4.79 Å². The van der Waals surface area contributed by atoms with E-state index in [2.05, 4.69) is 6.92 Å². The number of hydrogen-bond acceptors (Lipinski definition) is 1. The molecule has 0 radical (unpaired) electrons. The Morgan fingerprint density at radius 1 is 1.46 bits per heavy atom. The fourth-order valence-electron chi connectivity index (χ4n) is 1.72. The third-order valence-corrected chi connectivity index (χ3v) is 2.61. The van der Waals surface area contributed by atoms with Gasteiger partial charge in [-0.2, -0.15) is 4.39 Å². The maximum absolute atomic E-state index is 13.0. The fraction of sp³-hybridized carbons (Fsp3) is 0.700. The largest absolute Gasteiger partial charge is 0.476 e. The molecule has 1 fully saturated rings. The molecule has 1 atom stereocenters. The van der Waals surface area contributed by atoms with Gasteiger partial charge >= 0.3 is 5.97 Å². The lowest BCUT2D eigenvalue weighted by molar-refractivity contribution is -0.134. The minimum absolute atomic E-state index is 0.497. The van der Waals surface area contributed by atoms with Crippen LogP contribution in [0.2, 0.25) is 0 Å². The third kappa shape index (κ3) is 2.83. The smallest absolute Gasteiger partial charge is 0.364 e. The molecule has 3 heteroatoms. The van der Waals surface area contributed by atoms with Gasteiger partial charge in [0, 0.05) is 0 Å². The molecule has 1 unspecified atom stereocenters. The second-order valence-corrected chi connectivity index (χ2v) is 3.76. The lowest BCUT2D eigenvalue weighted by Gasteiger charge is -2.04. The molecule has 0 aliphatic heterocycles. The van der Waals surface area contributed by atoms with Crippen molar-refractivity contribution in [3.63, 3.8) is 0 Å². The average Bonchev–Trinajstić information content (AvgIpc) is 2.28. The summed E-state index contributed by atoms with van der Waals surface area (Å²) in [5.74, 6) is -1.74. The van der Waals surface area contributed by atoms with E-state index in [0.29, 0.717) is 24.3 Å². The zero-order valence-electron chi connectivity index (χ0n) is 7.85. The number of carboxylic acid groups (broad SMARTS) is 1. The number of hydrogen-bond donors (Lipinski definition) is 1. The van der Waals surface area contributed by atoms with Crippen LogP contribution in [0, 0.1) is 5.92 Å². The third-order valence-electron chi connectivity index (χ3n) is 2.61. The molecule has 0 aromatic heterocycles. The van der Waals surface area contributed by atoms with Gasteiger partial charge in [-0.25, -0.2) is 4.79 Å². The van der Waals surface area contributed by atoms with Crippen molar-refractivity contribution in [1.82, 2.24) is 0 Å². The van der Waals surface area contributed by atoms with Gasteiger partial charge in [-0.3, -0.25) is 0 Å². The molecule has 2 nitrogen and oxygen atoms in total. The van der Waals surface area contributed by atoms with Crippen molar-refractivity contribution in [3.05, 3.63) is 11.4 Å². The van der Waals surface area contributed by atoms with E-state index in [0.717, 1.165) is 19.3 Å². The van der Waals surface area contributed by atoms with E-state index < -0.39 is 11.8 Å². The van der Waals surface area contributed by atoms with Crippen LogP contribution in [0.1, 0.15) is 39.0 Å². The Bertz CT molecular complexity index is 233. The van der Waals surface area contributed by atoms with Crippen molar-refractivity contribution in [2.75, 3.05) is 0 Å². The highest BCUT2D eigenvalue weighted by molar-refractivity contribution is 5.84. The van der Waals surface area contributed by atoms with Crippen molar-refractivity contribution < 1.29 is 14.3 Å². The number of halogens is 1. The van der Waals surface area contributed by atoms with Gasteiger partial charge < -0.3 is 5.11 Å². The Kier molecular flexibility index (Phi) is 3.46. The monoisotopic (exact) mass is 186 g/mol. The molecule has 1 rings (SSSR count). The first-order valence-corrected chi connectivity index (χ1v) is 4.72. The molecule has 0 spiro atoms. The van der Waals surface area contributed by atoms with E-state index >= 15 is 0 Å². The summed E-state index contributed by atoms with van der Waals surface area (Å²) in [7, 11) is 0. The summed E-state index contributed by atoms with van der Waals surface area (Å²) in [6, 6.07) is 0. The quantitative estimate of drug-likeness (QED) is 0.505. The molecule has 1 saturated carbocycles. The van der Waals surface area contributed by atoms with Crippen molar-refractivity contribution in [1.29, 1.82) is 0 Å². The van der Waals surface area contributed by atoms with Gasteiger partial charge in [0.05, 0.1) is 0 Å². The maximum Gasteiger partial charge on any atom is 0.364 e. The molecule has 74 valence electrons. The summed E-state index contributed by atoms with van der Waals surface area (Å²) in [6.45, 7) is 2.13. The number of aliphatic carboxylic acids is 1. The highest BCUT2D eigenvalue weighted by Gasteiger charge is 2.17. The molecule has 1 aliphatic rings. The molecular weight excluding hydrogens is 171 g/mol. The first-order chi connectivity index (χ1) is 6.11. The molecule has 0 bridgehead atoms. The maximum atomic E-state index is 13.0. The highest BCUT2D eigenvalue weighted by Crippen LogP contribution is 2.28. The summed E-state index contributed by atoms with van der Waals surface area (Å²) in [6.07, 6.45) is 4.13. The van der Waals surface area contributed by atoms with Gasteiger partial charge in [0.2, 0.25) is 5.83 Å². The lowest BCUT2D eigenvalue weighted by atomic mass is 10.0. The Morgan fingerprint density at radius 3 is 2.77 bits per heavy atom. The summed E-state index contributed by atoms with van der Waals surface area (Å²) in [4.78, 5) is 10.4. The first-order valence-electron chi connectivity index (χ1n) is 4.72. The van der Waals surface area contributed by atoms with Crippen molar-refractivity contribution in [2.24, 2.45) is 5.92 Å². The molecule has 0 heterocycles. The predicted octanol–water partition coefficient (Wildman–Crippen LogP) is 2.89. The van der Waals surface area contributed by atoms with Crippen LogP contribution in [0.4, 0.5) is 4.39 Å². The molecule has 1 N–H and O–H groups in total. The SMILES string of the molecule is CC1CCCC(=C(F)C(=O)O)CC1. The van der Waals surface area contributed by atoms with Gasteiger partial charge in [0.25, 0.3) is 0 Å². The molecular formula is C10H15FO2. The minimum Gasteiger partial charge on any atom is -0.476 e.